The van der Waals surface area contributed by atoms with Crippen LogP contribution >= 0.6 is 0 Å². The minimum absolute atomic E-state index is 0.0353. The maximum absolute atomic E-state index is 12.3. The van der Waals surface area contributed by atoms with Crippen LogP contribution in [0.5, 0.6) is 0 Å². The molecule has 1 amide bonds. The molecule has 1 aliphatic carbocycles. The summed E-state index contributed by atoms with van der Waals surface area (Å²) in [5.74, 6) is 0.0353. The van der Waals surface area contributed by atoms with Crippen molar-refractivity contribution in [3.05, 3.63) is 0 Å². The van der Waals surface area contributed by atoms with E-state index in [1.807, 2.05) is 11.8 Å². The SMILES string of the molecule is CCC(C)(N)C(=O)N(CCCO)C1CCC1. The monoisotopic (exact) mass is 228 g/mol. The lowest BCUT2D eigenvalue weighted by Crippen LogP contribution is -2.57. The lowest BCUT2D eigenvalue weighted by atomic mass is 9.88. The number of amides is 1. The molecule has 1 saturated carbocycles. The second-order valence-electron chi connectivity index (χ2n) is 4.93. The third-order valence-electron chi connectivity index (χ3n) is 3.56. The van der Waals surface area contributed by atoms with Gasteiger partial charge in [-0.05, 0) is 39.0 Å². The first-order valence-electron chi connectivity index (χ1n) is 6.23. The minimum Gasteiger partial charge on any atom is -0.396 e. The topological polar surface area (TPSA) is 66.6 Å². The Kier molecular flexibility index (Phi) is 4.74. The van der Waals surface area contributed by atoms with Gasteiger partial charge >= 0.3 is 0 Å². The first-order valence-corrected chi connectivity index (χ1v) is 6.23. The van der Waals surface area contributed by atoms with E-state index < -0.39 is 5.54 Å². The molecule has 1 rings (SSSR count). The van der Waals surface area contributed by atoms with Gasteiger partial charge in [0.05, 0.1) is 5.54 Å². The summed E-state index contributed by atoms with van der Waals surface area (Å²) in [6, 6.07) is 0.355. The number of nitrogens with zero attached hydrogens (tertiary/aromatic N) is 1. The lowest BCUT2D eigenvalue weighted by Gasteiger charge is -2.41. The van der Waals surface area contributed by atoms with Gasteiger partial charge in [0, 0.05) is 19.2 Å². The molecule has 4 heteroatoms. The number of aliphatic hydroxyl groups is 1. The normalized spacial score (nSPS) is 20.0. The van der Waals surface area contributed by atoms with Crippen LogP contribution in [0.4, 0.5) is 0 Å². The molecule has 1 fully saturated rings. The number of aliphatic hydroxyl groups excluding tert-OH is 1. The van der Waals surface area contributed by atoms with Gasteiger partial charge in [0.15, 0.2) is 0 Å². The Hall–Kier alpha value is -0.610. The highest BCUT2D eigenvalue weighted by molar-refractivity contribution is 5.86. The highest BCUT2D eigenvalue weighted by atomic mass is 16.3. The van der Waals surface area contributed by atoms with Crippen molar-refractivity contribution in [2.24, 2.45) is 5.73 Å². The van der Waals surface area contributed by atoms with Crippen LogP contribution in [-0.4, -0.2) is 40.6 Å². The van der Waals surface area contributed by atoms with E-state index in [0.717, 1.165) is 12.8 Å². The van der Waals surface area contributed by atoms with Crippen molar-refractivity contribution >= 4 is 5.91 Å². The summed E-state index contributed by atoms with van der Waals surface area (Å²) < 4.78 is 0. The van der Waals surface area contributed by atoms with Crippen LogP contribution in [0.25, 0.3) is 0 Å². The van der Waals surface area contributed by atoms with Gasteiger partial charge in [-0.3, -0.25) is 4.79 Å². The number of nitrogens with two attached hydrogens (primary N) is 1. The molecule has 0 radical (unpaired) electrons. The molecule has 0 aromatic heterocycles. The smallest absolute Gasteiger partial charge is 0.242 e. The molecular formula is C12H24N2O2. The number of hydrogen-bond donors (Lipinski definition) is 2. The van der Waals surface area contributed by atoms with Crippen molar-refractivity contribution in [3.8, 4) is 0 Å². The second kappa shape index (κ2) is 5.64. The average molecular weight is 228 g/mol. The van der Waals surface area contributed by atoms with Gasteiger partial charge in [0.1, 0.15) is 0 Å². The van der Waals surface area contributed by atoms with Crippen LogP contribution in [0, 0.1) is 0 Å². The molecule has 0 aliphatic heterocycles. The molecule has 16 heavy (non-hydrogen) atoms. The van der Waals surface area contributed by atoms with Gasteiger partial charge < -0.3 is 15.7 Å². The Bertz CT molecular complexity index is 237. The Morgan fingerprint density at radius 2 is 2.19 bits per heavy atom. The van der Waals surface area contributed by atoms with E-state index in [-0.39, 0.29) is 12.5 Å². The van der Waals surface area contributed by atoms with E-state index in [0.29, 0.717) is 25.4 Å². The van der Waals surface area contributed by atoms with E-state index >= 15 is 0 Å². The van der Waals surface area contributed by atoms with Gasteiger partial charge in [0.2, 0.25) is 5.91 Å². The molecule has 0 aromatic carbocycles. The summed E-state index contributed by atoms with van der Waals surface area (Å²) in [6.45, 7) is 4.49. The molecule has 0 spiro atoms. The highest BCUT2D eigenvalue weighted by Crippen LogP contribution is 2.27. The zero-order valence-corrected chi connectivity index (χ0v) is 10.4. The Morgan fingerprint density at radius 1 is 1.56 bits per heavy atom. The van der Waals surface area contributed by atoms with Gasteiger partial charge in [-0.2, -0.15) is 0 Å². The van der Waals surface area contributed by atoms with Crippen molar-refractivity contribution in [1.29, 1.82) is 0 Å². The van der Waals surface area contributed by atoms with E-state index in [2.05, 4.69) is 0 Å². The molecule has 3 N–H and O–H groups in total. The summed E-state index contributed by atoms with van der Waals surface area (Å²) in [4.78, 5) is 14.1. The van der Waals surface area contributed by atoms with Crippen LogP contribution in [0.3, 0.4) is 0 Å². The molecule has 1 atom stereocenters. The summed E-state index contributed by atoms with van der Waals surface area (Å²) in [5.41, 5.74) is 5.24. The summed E-state index contributed by atoms with van der Waals surface area (Å²) in [6.07, 6.45) is 4.64. The van der Waals surface area contributed by atoms with Crippen LogP contribution in [0.1, 0.15) is 46.0 Å². The van der Waals surface area contributed by atoms with Crippen LogP contribution in [0.2, 0.25) is 0 Å². The first-order chi connectivity index (χ1) is 7.53. The average Bonchev–Trinajstić information content (AvgIpc) is 2.20. The maximum atomic E-state index is 12.3. The van der Waals surface area contributed by atoms with Gasteiger partial charge in [-0.15, -0.1) is 0 Å². The standard InChI is InChI=1S/C12H24N2O2/c1-3-12(2,13)11(16)14(8-5-9-15)10-6-4-7-10/h10,15H,3-9,13H2,1-2H3. The van der Waals surface area contributed by atoms with Crippen molar-refractivity contribution in [1.82, 2.24) is 4.90 Å². The van der Waals surface area contributed by atoms with E-state index in [1.165, 1.54) is 6.42 Å². The second-order valence-corrected chi connectivity index (χ2v) is 4.93. The van der Waals surface area contributed by atoms with E-state index in [9.17, 15) is 4.79 Å². The van der Waals surface area contributed by atoms with Crippen LogP contribution in [0.15, 0.2) is 0 Å². The first kappa shape index (κ1) is 13.5. The maximum Gasteiger partial charge on any atom is 0.242 e. The summed E-state index contributed by atoms with van der Waals surface area (Å²) in [7, 11) is 0. The fraction of sp³-hybridized carbons (Fsp3) is 0.917. The zero-order chi connectivity index (χ0) is 12.2. The fourth-order valence-electron chi connectivity index (χ4n) is 1.87. The van der Waals surface area contributed by atoms with Gasteiger partial charge in [-0.25, -0.2) is 0 Å². The van der Waals surface area contributed by atoms with E-state index in [4.69, 9.17) is 10.8 Å². The third-order valence-corrected chi connectivity index (χ3v) is 3.56. The Labute approximate surface area is 97.8 Å². The molecule has 0 saturated heterocycles. The Balaban J connectivity index is 2.63. The molecular weight excluding hydrogens is 204 g/mol. The molecule has 1 aliphatic rings. The molecule has 1 unspecified atom stereocenters. The molecule has 0 heterocycles. The van der Waals surface area contributed by atoms with Crippen LogP contribution in [-0.2, 0) is 4.79 Å². The number of hydrogen-bond acceptors (Lipinski definition) is 3. The number of carbonyl (C=O) groups is 1. The van der Waals surface area contributed by atoms with Crippen LogP contribution < -0.4 is 5.73 Å². The summed E-state index contributed by atoms with van der Waals surface area (Å²) >= 11 is 0. The zero-order valence-electron chi connectivity index (χ0n) is 10.4. The lowest BCUT2D eigenvalue weighted by molar-refractivity contribution is -0.140. The minimum atomic E-state index is -0.759. The van der Waals surface area contributed by atoms with Crippen molar-refractivity contribution in [2.75, 3.05) is 13.2 Å². The highest BCUT2D eigenvalue weighted by Gasteiger charge is 2.36. The molecule has 0 bridgehead atoms. The van der Waals surface area contributed by atoms with Gasteiger partial charge in [-0.1, -0.05) is 6.92 Å². The van der Waals surface area contributed by atoms with Crippen molar-refractivity contribution in [2.45, 2.75) is 57.5 Å². The number of rotatable bonds is 6. The number of carbonyl (C=O) groups excluding carboxylic acids is 1. The predicted molar refractivity (Wildman–Crippen MR) is 63.9 cm³/mol. The van der Waals surface area contributed by atoms with Crippen molar-refractivity contribution in [3.63, 3.8) is 0 Å². The predicted octanol–water partition coefficient (Wildman–Crippen LogP) is 0.877. The molecule has 0 aromatic rings. The van der Waals surface area contributed by atoms with E-state index in [1.54, 1.807) is 6.92 Å². The fourth-order valence-corrected chi connectivity index (χ4v) is 1.87. The van der Waals surface area contributed by atoms with Crippen molar-refractivity contribution < 1.29 is 9.90 Å². The summed E-state index contributed by atoms with van der Waals surface area (Å²) in [5, 5.41) is 8.86. The van der Waals surface area contributed by atoms with Gasteiger partial charge in [0.25, 0.3) is 0 Å². The largest absolute Gasteiger partial charge is 0.396 e. The quantitative estimate of drug-likeness (QED) is 0.709. The molecule has 4 nitrogen and oxygen atoms in total. The molecule has 94 valence electrons. The Morgan fingerprint density at radius 3 is 2.56 bits per heavy atom. The third kappa shape index (κ3) is 2.95.